The van der Waals surface area contributed by atoms with Crippen LogP contribution in [0.4, 0.5) is 4.39 Å². The van der Waals surface area contributed by atoms with Crippen LogP contribution in [0.15, 0.2) is 47.3 Å². The second-order valence-electron chi connectivity index (χ2n) is 10.2. The Morgan fingerprint density at radius 2 is 2.06 bits per heavy atom. The van der Waals surface area contributed by atoms with Gasteiger partial charge in [-0.2, -0.15) is 0 Å². The molecular weight excluding hydrogens is 445 g/mol. The van der Waals surface area contributed by atoms with Gasteiger partial charge in [0.05, 0.1) is 11.1 Å². The third-order valence-electron chi connectivity index (χ3n) is 7.71. The van der Waals surface area contributed by atoms with Gasteiger partial charge in [-0.15, -0.1) is 0 Å². The van der Waals surface area contributed by atoms with Crippen LogP contribution in [-0.2, 0) is 4.79 Å². The number of nitrogens with one attached hydrogen (secondary N) is 3. The molecule has 35 heavy (non-hydrogen) atoms. The van der Waals surface area contributed by atoms with E-state index >= 15 is 0 Å². The number of hydrogen-bond acceptors (Lipinski definition) is 4. The Kier molecular flexibility index (Phi) is 5.52. The van der Waals surface area contributed by atoms with E-state index in [-0.39, 0.29) is 29.6 Å². The SMILES string of the molecule is C=C=C(N(C)C)N1CCC(NC(=O)c2c(C)[nH]c(/C=C3\C(=O)NC45CC4C=C(F)C=C35)c2C)CC1. The molecular formula is C27H32FN5O2. The quantitative estimate of drug-likeness (QED) is 0.450. The van der Waals surface area contributed by atoms with Crippen molar-refractivity contribution >= 4 is 17.9 Å². The van der Waals surface area contributed by atoms with Crippen LogP contribution in [0.5, 0.6) is 0 Å². The van der Waals surface area contributed by atoms with E-state index < -0.39 is 5.54 Å². The van der Waals surface area contributed by atoms with Gasteiger partial charge in [0.25, 0.3) is 11.8 Å². The lowest BCUT2D eigenvalue weighted by Gasteiger charge is -2.36. The van der Waals surface area contributed by atoms with Crippen LogP contribution in [0.25, 0.3) is 6.08 Å². The lowest BCUT2D eigenvalue weighted by molar-refractivity contribution is -0.116. The molecule has 7 nitrogen and oxygen atoms in total. The zero-order chi connectivity index (χ0) is 25.1. The summed E-state index contributed by atoms with van der Waals surface area (Å²) in [5, 5.41) is 6.23. The molecule has 1 saturated carbocycles. The number of carbonyl (C=O) groups excluding carboxylic acids is 2. The molecule has 1 aromatic rings. The van der Waals surface area contributed by atoms with Crippen LogP contribution in [0.2, 0.25) is 0 Å². The fraction of sp³-hybridized carbons (Fsp3) is 0.444. The van der Waals surface area contributed by atoms with Crippen molar-refractivity contribution in [2.75, 3.05) is 27.2 Å². The molecule has 2 saturated heterocycles. The minimum Gasteiger partial charge on any atom is -0.358 e. The molecule has 3 N–H and O–H groups in total. The second kappa shape index (κ2) is 8.31. The predicted octanol–water partition coefficient (Wildman–Crippen LogP) is 3.08. The molecule has 1 aromatic heterocycles. The highest BCUT2D eigenvalue weighted by Gasteiger charge is 2.63. The molecule has 0 aromatic carbocycles. The van der Waals surface area contributed by atoms with Crippen LogP contribution in [0.3, 0.4) is 0 Å². The van der Waals surface area contributed by atoms with Crippen molar-refractivity contribution in [3.05, 3.63) is 69.8 Å². The van der Waals surface area contributed by atoms with Crippen LogP contribution >= 0.6 is 0 Å². The van der Waals surface area contributed by atoms with Crippen molar-refractivity contribution in [2.45, 2.75) is 44.7 Å². The molecule has 2 amide bonds. The average molecular weight is 478 g/mol. The number of piperidine rings is 1. The standard InChI is InChI=1S/C27H32FN5O2/c1-6-23(32(4)5)33-9-7-19(8-10-33)30-26(35)24-15(2)22(29-16(24)3)13-20-21-12-18(28)11-17-14-27(17,21)31-25(20)34/h11-13,17,19,29H,1,7-10,14H2,2-5H3,(H,30,35)(H,31,34)/b20-13-. The number of hydrogen-bond donors (Lipinski definition) is 3. The summed E-state index contributed by atoms with van der Waals surface area (Å²) in [6.07, 6.45) is 7.19. The number of aryl methyl sites for hydroxylation is 1. The van der Waals surface area contributed by atoms with Crippen molar-refractivity contribution in [3.8, 4) is 0 Å². The number of allylic oxidation sites excluding steroid dienone is 2. The third kappa shape index (κ3) is 3.82. The van der Waals surface area contributed by atoms with Gasteiger partial charge in [0.15, 0.2) is 0 Å². The lowest BCUT2D eigenvalue weighted by Crippen LogP contribution is -2.45. The van der Waals surface area contributed by atoms with Gasteiger partial charge in [-0.1, -0.05) is 12.3 Å². The first-order valence-corrected chi connectivity index (χ1v) is 12.1. The number of likely N-dealkylation sites (tertiary alicyclic amines) is 1. The highest BCUT2D eigenvalue weighted by atomic mass is 19.1. The Balaban J connectivity index is 1.32. The van der Waals surface area contributed by atoms with Gasteiger partial charge in [0.1, 0.15) is 11.6 Å². The Morgan fingerprint density at radius 3 is 2.71 bits per heavy atom. The number of rotatable bonds is 5. The number of H-pyrrole nitrogens is 1. The lowest BCUT2D eigenvalue weighted by atomic mass is 9.94. The molecule has 8 heteroatoms. The van der Waals surface area contributed by atoms with Crippen molar-refractivity contribution in [1.82, 2.24) is 25.4 Å². The summed E-state index contributed by atoms with van der Waals surface area (Å²) in [6.45, 7) is 9.17. The number of carbonyl (C=O) groups is 2. The van der Waals surface area contributed by atoms with E-state index in [0.29, 0.717) is 22.4 Å². The van der Waals surface area contributed by atoms with Gasteiger partial charge in [-0.25, -0.2) is 4.39 Å². The van der Waals surface area contributed by atoms with E-state index in [1.54, 1.807) is 12.2 Å². The monoisotopic (exact) mass is 477 g/mol. The van der Waals surface area contributed by atoms with Crippen LogP contribution < -0.4 is 10.6 Å². The molecule has 2 atom stereocenters. The largest absolute Gasteiger partial charge is 0.358 e. The van der Waals surface area contributed by atoms with E-state index in [2.05, 4.69) is 32.8 Å². The zero-order valence-corrected chi connectivity index (χ0v) is 20.7. The molecule has 2 unspecified atom stereocenters. The Labute approximate surface area is 205 Å². The minimum atomic E-state index is -0.448. The highest BCUT2D eigenvalue weighted by Crippen LogP contribution is 2.58. The molecule has 184 valence electrons. The summed E-state index contributed by atoms with van der Waals surface area (Å²) >= 11 is 0. The summed E-state index contributed by atoms with van der Waals surface area (Å²) < 4.78 is 14.1. The molecule has 0 bridgehead atoms. The number of halogens is 1. The maximum Gasteiger partial charge on any atom is 0.253 e. The summed E-state index contributed by atoms with van der Waals surface area (Å²) in [5.41, 5.74) is 6.54. The van der Waals surface area contributed by atoms with Crippen molar-refractivity contribution in [1.29, 1.82) is 0 Å². The molecule has 3 fully saturated rings. The highest BCUT2D eigenvalue weighted by molar-refractivity contribution is 6.08. The summed E-state index contributed by atoms with van der Waals surface area (Å²) in [6, 6.07) is 0.0805. The normalized spacial score (nSPS) is 26.3. The fourth-order valence-electron chi connectivity index (χ4n) is 5.82. The fourth-order valence-corrected chi connectivity index (χ4v) is 5.82. The maximum absolute atomic E-state index is 14.1. The molecule has 2 aliphatic carbocycles. The van der Waals surface area contributed by atoms with E-state index in [1.165, 1.54) is 6.08 Å². The van der Waals surface area contributed by atoms with E-state index in [4.69, 9.17) is 0 Å². The van der Waals surface area contributed by atoms with Crippen molar-refractivity contribution in [3.63, 3.8) is 0 Å². The average Bonchev–Trinajstić information content (AvgIpc) is 3.33. The maximum atomic E-state index is 14.1. The van der Waals surface area contributed by atoms with Crippen LogP contribution in [0.1, 0.15) is 46.6 Å². The van der Waals surface area contributed by atoms with E-state index in [9.17, 15) is 14.0 Å². The molecule has 5 rings (SSSR count). The van der Waals surface area contributed by atoms with Gasteiger partial charge in [0, 0.05) is 56.1 Å². The minimum absolute atomic E-state index is 0.0207. The van der Waals surface area contributed by atoms with Crippen LogP contribution in [0, 0.1) is 19.8 Å². The number of nitrogens with zero attached hydrogens (tertiary/aromatic N) is 2. The topological polar surface area (TPSA) is 80.5 Å². The van der Waals surface area contributed by atoms with Gasteiger partial charge in [0.2, 0.25) is 0 Å². The molecule has 4 aliphatic rings. The molecule has 2 aliphatic heterocycles. The summed E-state index contributed by atoms with van der Waals surface area (Å²) in [7, 11) is 3.95. The van der Waals surface area contributed by atoms with Gasteiger partial charge >= 0.3 is 0 Å². The molecule has 1 spiro atoms. The summed E-state index contributed by atoms with van der Waals surface area (Å²) in [5.74, 6) is 0.368. The first-order valence-electron chi connectivity index (χ1n) is 12.1. The first kappa shape index (κ1) is 23.2. The molecule has 3 heterocycles. The Morgan fingerprint density at radius 1 is 1.34 bits per heavy atom. The number of aromatic nitrogens is 1. The van der Waals surface area contributed by atoms with Gasteiger partial charge < -0.3 is 25.4 Å². The molecule has 0 radical (unpaired) electrons. The third-order valence-corrected chi connectivity index (χ3v) is 7.71. The summed E-state index contributed by atoms with van der Waals surface area (Å²) in [4.78, 5) is 33.5. The second-order valence-corrected chi connectivity index (χ2v) is 10.2. The van der Waals surface area contributed by atoms with Crippen LogP contribution in [-0.4, -0.2) is 65.4 Å². The van der Waals surface area contributed by atoms with E-state index in [0.717, 1.165) is 49.4 Å². The van der Waals surface area contributed by atoms with Gasteiger partial charge in [-0.05, 0) is 62.5 Å². The smallest absolute Gasteiger partial charge is 0.253 e. The van der Waals surface area contributed by atoms with Crippen molar-refractivity contribution in [2.24, 2.45) is 5.92 Å². The van der Waals surface area contributed by atoms with Gasteiger partial charge in [-0.3, -0.25) is 9.59 Å². The number of aromatic amines is 1. The number of amides is 2. The first-order chi connectivity index (χ1) is 16.6. The predicted molar refractivity (Wildman–Crippen MR) is 133 cm³/mol. The van der Waals surface area contributed by atoms with Crippen molar-refractivity contribution < 1.29 is 14.0 Å². The Hall–Kier alpha value is -3.51. The zero-order valence-electron chi connectivity index (χ0n) is 20.7. The van der Waals surface area contributed by atoms with E-state index in [1.807, 2.05) is 32.8 Å². The Bertz CT molecular complexity index is 1250.